The largest absolute Gasteiger partial charge is 0.480 e. The number of nitrogens with one attached hydrogen (secondary N) is 2. The molecule has 0 bridgehead atoms. The van der Waals surface area contributed by atoms with Crippen molar-refractivity contribution in [1.29, 1.82) is 0 Å². The quantitative estimate of drug-likeness (QED) is 0.655. The number of aliphatic carboxylic acids is 1. The smallest absolute Gasteiger partial charge is 0.322 e. The van der Waals surface area contributed by atoms with Crippen LogP contribution in [0.25, 0.3) is 0 Å². The van der Waals surface area contributed by atoms with Crippen LogP contribution in [-0.4, -0.2) is 27.6 Å². The second kappa shape index (κ2) is 3.72. The molecule has 0 spiro atoms. The van der Waals surface area contributed by atoms with E-state index in [0.29, 0.717) is 17.6 Å². The molecule has 1 heterocycles. The summed E-state index contributed by atoms with van der Waals surface area (Å²) in [6.07, 6.45) is 2.07. The lowest BCUT2D eigenvalue weighted by atomic mass is 10.4. The first-order chi connectivity index (χ1) is 7.15. The van der Waals surface area contributed by atoms with Gasteiger partial charge in [-0.2, -0.15) is 0 Å². The van der Waals surface area contributed by atoms with Gasteiger partial charge in [-0.1, -0.05) is 0 Å². The number of anilines is 1. The standard InChI is InChI=1S/C9H11N3O3/c13-7-3-6(10-4-8(14)15)11-9(12-7)5-1-2-5/h3,5H,1-2,4H2,(H,14,15)(H2,10,11,12,13). The number of carbonyl (C=O) groups is 1. The van der Waals surface area contributed by atoms with Gasteiger partial charge in [-0.15, -0.1) is 0 Å². The fourth-order valence-corrected chi connectivity index (χ4v) is 1.28. The molecule has 1 fully saturated rings. The molecule has 6 nitrogen and oxygen atoms in total. The minimum absolute atomic E-state index is 0.236. The second-order valence-corrected chi connectivity index (χ2v) is 3.54. The topological polar surface area (TPSA) is 95.1 Å². The molecule has 80 valence electrons. The number of carboxylic acids is 1. The lowest BCUT2D eigenvalue weighted by Gasteiger charge is -2.03. The Kier molecular flexibility index (Phi) is 2.40. The highest BCUT2D eigenvalue weighted by atomic mass is 16.4. The Morgan fingerprint density at radius 3 is 3.00 bits per heavy atom. The number of carboxylic acid groups (broad SMARTS) is 1. The van der Waals surface area contributed by atoms with Gasteiger partial charge >= 0.3 is 5.97 Å². The van der Waals surface area contributed by atoms with Crippen LogP contribution in [0.2, 0.25) is 0 Å². The highest BCUT2D eigenvalue weighted by Gasteiger charge is 2.26. The fourth-order valence-electron chi connectivity index (χ4n) is 1.28. The van der Waals surface area contributed by atoms with Crippen molar-refractivity contribution in [3.05, 3.63) is 22.2 Å². The molecule has 1 saturated carbocycles. The molecule has 0 amide bonds. The average Bonchev–Trinajstić information content (AvgIpc) is 2.97. The lowest BCUT2D eigenvalue weighted by Crippen LogP contribution is -2.17. The van der Waals surface area contributed by atoms with Crippen molar-refractivity contribution in [1.82, 2.24) is 9.97 Å². The Labute approximate surface area is 85.4 Å². The predicted octanol–water partition coefficient (Wildman–Crippen LogP) is 0.144. The van der Waals surface area contributed by atoms with Gasteiger partial charge in [0.1, 0.15) is 18.2 Å². The SMILES string of the molecule is O=C(O)CNc1cc(=O)[nH]c(C2CC2)n1. The third-order valence-corrected chi connectivity index (χ3v) is 2.14. The zero-order valence-electron chi connectivity index (χ0n) is 7.99. The number of hydrogen-bond donors (Lipinski definition) is 3. The summed E-state index contributed by atoms with van der Waals surface area (Å²) in [5, 5.41) is 11.0. The Hall–Kier alpha value is -1.85. The first-order valence-electron chi connectivity index (χ1n) is 4.72. The fraction of sp³-hybridized carbons (Fsp3) is 0.444. The zero-order chi connectivity index (χ0) is 10.8. The summed E-state index contributed by atoms with van der Waals surface area (Å²) < 4.78 is 0. The first-order valence-corrected chi connectivity index (χ1v) is 4.72. The van der Waals surface area contributed by atoms with E-state index in [-0.39, 0.29) is 12.1 Å². The molecule has 0 aliphatic heterocycles. The molecular formula is C9H11N3O3. The molecule has 0 saturated heterocycles. The third kappa shape index (κ3) is 2.55. The third-order valence-electron chi connectivity index (χ3n) is 2.14. The molecule has 0 atom stereocenters. The normalized spacial score (nSPS) is 14.9. The first kappa shape index (κ1) is 9.70. The van der Waals surface area contributed by atoms with Crippen LogP contribution in [-0.2, 0) is 4.79 Å². The second-order valence-electron chi connectivity index (χ2n) is 3.54. The van der Waals surface area contributed by atoms with Gasteiger partial charge in [-0.05, 0) is 12.8 Å². The average molecular weight is 209 g/mol. The molecule has 0 radical (unpaired) electrons. The number of nitrogens with zero attached hydrogens (tertiary/aromatic N) is 1. The van der Waals surface area contributed by atoms with E-state index in [0.717, 1.165) is 12.8 Å². The van der Waals surface area contributed by atoms with E-state index in [1.165, 1.54) is 6.07 Å². The van der Waals surface area contributed by atoms with Crippen LogP contribution in [0.4, 0.5) is 5.82 Å². The molecule has 15 heavy (non-hydrogen) atoms. The Morgan fingerprint density at radius 2 is 2.40 bits per heavy atom. The zero-order valence-corrected chi connectivity index (χ0v) is 7.99. The molecule has 1 aromatic heterocycles. The van der Waals surface area contributed by atoms with Crippen LogP contribution >= 0.6 is 0 Å². The lowest BCUT2D eigenvalue weighted by molar-refractivity contribution is -0.134. The molecule has 0 aromatic carbocycles. The molecule has 1 aliphatic carbocycles. The maximum Gasteiger partial charge on any atom is 0.322 e. The summed E-state index contributed by atoms with van der Waals surface area (Å²) in [6, 6.07) is 1.26. The summed E-state index contributed by atoms with van der Waals surface area (Å²) in [5.41, 5.74) is -0.250. The Bertz CT molecular complexity index is 436. The number of aromatic nitrogens is 2. The number of rotatable bonds is 4. The summed E-state index contributed by atoms with van der Waals surface area (Å²) in [6.45, 7) is -0.236. The van der Waals surface area contributed by atoms with Gasteiger partial charge in [-0.3, -0.25) is 9.59 Å². The van der Waals surface area contributed by atoms with Gasteiger partial charge in [-0.25, -0.2) is 4.98 Å². The van der Waals surface area contributed by atoms with E-state index in [1.54, 1.807) is 0 Å². The van der Waals surface area contributed by atoms with Crippen molar-refractivity contribution in [3.8, 4) is 0 Å². The molecule has 2 rings (SSSR count). The summed E-state index contributed by atoms with van der Waals surface area (Å²) in [5.74, 6) is 0.327. The highest BCUT2D eigenvalue weighted by Crippen LogP contribution is 2.37. The van der Waals surface area contributed by atoms with Gasteiger partial charge in [0, 0.05) is 12.0 Å². The minimum atomic E-state index is -0.981. The van der Waals surface area contributed by atoms with Crippen molar-refractivity contribution in [2.75, 3.05) is 11.9 Å². The van der Waals surface area contributed by atoms with Crippen molar-refractivity contribution in [2.24, 2.45) is 0 Å². The molecule has 6 heteroatoms. The maximum atomic E-state index is 11.2. The van der Waals surface area contributed by atoms with Crippen LogP contribution in [0.3, 0.4) is 0 Å². The van der Waals surface area contributed by atoms with E-state index >= 15 is 0 Å². The van der Waals surface area contributed by atoms with Crippen LogP contribution in [0.5, 0.6) is 0 Å². The summed E-state index contributed by atoms with van der Waals surface area (Å²) in [4.78, 5) is 28.3. The van der Waals surface area contributed by atoms with Gasteiger partial charge in [0.15, 0.2) is 0 Å². The maximum absolute atomic E-state index is 11.2. The molecule has 0 unspecified atom stereocenters. The van der Waals surface area contributed by atoms with Crippen molar-refractivity contribution >= 4 is 11.8 Å². The van der Waals surface area contributed by atoms with Crippen LogP contribution < -0.4 is 10.9 Å². The van der Waals surface area contributed by atoms with Crippen LogP contribution in [0.1, 0.15) is 24.6 Å². The monoisotopic (exact) mass is 209 g/mol. The van der Waals surface area contributed by atoms with Crippen molar-refractivity contribution < 1.29 is 9.90 Å². The van der Waals surface area contributed by atoms with E-state index in [1.807, 2.05) is 0 Å². The number of hydrogen-bond acceptors (Lipinski definition) is 4. The Morgan fingerprint density at radius 1 is 1.67 bits per heavy atom. The van der Waals surface area contributed by atoms with E-state index in [2.05, 4.69) is 15.3 Å². The molecule has 1 aliphatic rings. The van der Waals surface area contributed by atoms with Crippen molar-refractivity contribution in [2.45, 2.75) is 18.8 Å². The molecule has 3 N–H and O–H groups in total. The number of aromatic amines is 1. The van der Waals surface area contributed by atoms with E-state index in [4.69, 9.17) is 5.11 Å². The Balaban J connectivity index is 2.15. The minimum Gasteiger partial charge on any atom is -0.480 e. The van der Waals surface area contributed by atoms with Gasteiger partial charge in [0.05, 0.1) is 0 Å². The summed E-state index contributed by atoms with van der Waals surface area (Å²) >= 11 is 0. The molecular weight excluding hydrogens is 198 g/mol. The summed E-state index contributed by atoms with van der Waals surface area (Å²) in [7, 11) is 0. The van der Waals surface area contributed by atoms with Crippen molar-refractivity contribution in [3.63, 3.8) is 0 Å². The van der Waals surface area contributed by atoms with Gasteiger partial charge < -0.3 is 15.4 Å². The van der Waals surface area contributed by atoms with Gasteiger partial charge in [0.25, 0.3) is 5.56 Å². The van der Waals surface area contributed by atoms with E-state index < -0.39 is 5.97 Å². The molecule has 1 aromatic rings. The van der Waals surface area contributed by atoms with Gasteiger partial charge in [0.2, 0.25) is 0 Å². The number of H-pyrrole nitrogens is 1. The predicted molar refractivity (Wildman–Crippen MR) is 53.0 cm³/mol. The highest BCUT2D eigenvalue weighted by molar-refractivity contribution is 5.72. The van der Waals surface area contributed by atoms with Crippen LogP contribution in [0.15, 0.2) is 10.9 Å². The van der Waals surface area contributed by atoms with E-state index in [9.17, 15) is 9.59 Å². The van der Waals surface area contributed by atoms with Crippen LogP contribution in [0, 0.1) is 0 Å².